The molecule has 4 N–H and O–H groups in total. The summed E-state index contributed by atoms with van der Waals surface area (Å²) in [5, 5.41) is 26.4. The van der Waals surface area contributed by atoms with Crippen molar-refractivity contribution in [3.8, 4) is 11.9 Å². The van der Waals surface area contributed by atoms with E-state index in [1.807, 2.05) is 0 Å². The van der Waals surface area contributed by atoms with E-state index in [1.165, 1.54) is 22.9 Å². The van der Waals surface area contributed by atoms with Crippen molar-refractivity contribution in [2.24, 2.45) is 4.99 Å². The highest BCUT2D eigenvalue weighted by Crippen LogP contribution is 2.34. The number of aromatic nitrogens is 5. The number of nitrogens with one attached hydrogen (secondary N) is 3. The lowest BCUT2D eigenvalue weighted by atomic mass is 10.1. The van der Waals surface area contributed by atoms with Crippen molar-refractivity contribution >= 4 is 23.2 Å². The number of nitriles is 1. The molecule has 4 aromatic rings. The van der Waals surface area contributed by atoms with Gasteiger partial charge in [0, 0.05) is 17.0 Å². The van der Waals surface area contributed by atoms with E-state index in [9.17, 15) is 23.1 Å². The van der Waals surface area contributed by atoms with E-state index in [0.717, 1.165) is 25.0 Å². The highest BCUT2D eigenvalue weighted by molar-refractivity contribution is 5.63. The largest absolute Gasteiger partial charge is 0.493 e. The first-order chi connectivity index (χ1) is 16.2. The second-order valence-electron chi connectivity index (χ2n) is 7.68. The van der Waals surface area contributed by atoms with Gasteiger partial charge in [0.2, 0.25) is 5.88 Å². The lowest BCUT2D eigenvalue weighted by Gasteiger charge is -2.12. The van der Waals surface area contributed by atoms with Crippen molar-refractivity contribution in [2.75, 3.05) is 5.32 Å². The van der Waals surface area contributed by atoms with Gasteiger partial charge < -0.3 is 15.4 Å². The smallest absolute Gasteiger partial charge is 0.417 e. The van der Waals surface area contributed by atoms with Crippen molar-refractivity contribution in [3.05, 3.63) is 68.5 Å². The molecule has 0 atom stereocenters. The Morgan fingerprint density at radius 2 is 2.09 bits per heavy atom. The Hall–Kier alpha value is -4.60. The maximum Gasteiger partial charge on any atom is 0.417 e. The standard InChI is InChI=1S/C21H15F3N8O2/c22-21(23,24)14-6-13(2-1-10(14)8-25)27-16-7-17(28-12-3-4-12)32-18(30-16)11(9-26-32)5-15-19(33)31-20(34)29-15/h1-2,5-7,9,12,27,33H,3-4H2,(H2,29,31,34)/b11-5+,28-17?. The number of nitrogens with zero attached hydrogens (tertiary/aromatic N) is 5. The highest BCUT2D eigenvalue weighted by Gasteiger charge is 2.34. The molecule has 10 nitrogen and oxygen atoms in total. The molecule has 1 saturated carbocycles. The van der Waals surface area contributed by atoms with Gasteiger partial charge >= 0.3 is 11.9 Å². The molecule has 1 aromatic carbocycles. The molecule has 5 rings (SSSR count). The summed E-state index contributed by atoms with van der Waals surface area (Å²) in [7, 11) is 0. The Balaban J connectivity index is 1.65. The number of imidazole rings is 1. The molecular weight excluding hydrogens is 453 g/mol. The van der Waals surface area contributed by atoms with Crippen LogP contribution in [0.2, 0.25) is 0 Å². The minimum Gasteiger partial charge on any atom is -0.493 e. The van der Waals surface area contributed by atoms with Crippen LogP contribution >= 0.6 is 0 Å². The zero-order valence-electron chi connectivity index (χ0n) is 17.2. The van der Waals surface area contributed by atoms with Gasteiger partial charge in [-0.1, -0.05) is 0 Å². The molecule has 1 fully saturated rings. The lowest BCUT2D eigenvalue weighted by Crippen LogP contribution is -2.20. The van der Waals surface area contributed by atoms with Gasteiger partial charge in [-0.3, -0.25) is 9.98 Å². The molecule has 3 aromatic heterocycles. The van der Waals surface area contributed by atoms with Crippen molar-refractivity contribution in [1.82, 2.24) is 24.6 Å². The maximum absolute atomic E-state index is 13.4. The van der Waals surface area contributed by atoms with Gasteiger partial charge in [-0.15, -0.1) is 0 Å². The van der Waals surface area contributed by atoms with E-state index >= 15 is 0 Å². The van der Waals surface area contributed by atoms with Gasteiger partial charge in [-0.2, -0.15) is 28.0 Å². The number of aromatic hydroxyl groups is 1. The van der Waals surface area contributed by atoms with Crippen molar-refractivity contribution < 1.29 is 18.3 Å². The van der Waals surface area contributed by atoms with Crippen LogP contribution in [0.3, 0.4) is 0 Å². The minimum absolute atomic E-state index is 0.0817. The van der Waals surface area contributed by atoms with E-state index in [-0.39, 0.29) is 29.1 Å². The third kappa shape index (κ3) is 4.08. The Labute approximate surface area is 187 Å². The summed E-state index contributed by atoms with van der Waals surface area (Å²) in [6.07, 6.45) is 0.0460. The number of anilines is 2. The molecule has 1 aliphatic carbocycles. The summed E-state index contributed by atoms with van der Waals surface area (Å²) >= 11 is 0. The second-order valence-corrected chi connectivity index (χ2v) is 7.68. The summed E-state index contributed by atoms with van der Waals surface area (Å²) in [5.41, 5.74) is -1.21. The van der Waals surface area contributed by atoms with Crippen LogP contribution in [0.15, 0.2) is 40.2 Å². The normalized spacial score (nSPS) is 15.1. The predicted molar refractivity (Wildman–Crippen MR) is 113 cm³/mol. The molecule has 13 heteroatoms. The molecular formula is C21H15F3N8O2. The minimum atomic E-state index is -4.70. The number of benzene rings is 1. The van der Waals surface area contributed by atoms with E-state index in [2.05, 4.69) is 30.4 Å². The zero-order chi connectivity index (χ0) is 24.0. The number of H-pyrrole nitrogens is 2. The van der Waals surface area contributed by atoms with Crippen LogP contribution in [0.1, 0.15) is 29.7 Å². The molecule has 0 spiro atoms. The van der Waals surface area contributed by atoms with Gasteiger partial charge in [0.1, 0.15) is 11.5 Å². The molecule has 0 aliphatic heterocycles. The Kier molecular flexibility index (Phi) is 4.85. The van der Waals surface area contributed by atoms with Crippen LogP contribution in [-0.4, -0.2) is 35.7 Å². The first-order valence-electron chi connectivity index (χ1n) is 10.1. The number of hydrogen-bond donors (Lipinski definition) is 4. The molecule has 1 aliphatic rings. The fraction of sp³-hybridized carbons (Fsp3) is 0.190. The summed E-state index contributed by atoms with van der Waals surface area (Å²) in [6.45, 7) is 0. The lowest BCUT2D eigenvalue weighted by molar-refractivity contribution is -0.137. The van der Waals surface area contributed by atoms with Crippen molar-refractivity contribution in [2.45, 2.75) is 25.1 Å². The van der Waals surface area contributed by atoms with Gasteiger partial charge in [0.25, 0.3) is 0 Å². The van der Waals surface area contributed by atoms with Crippen LogP contribution in [0.25, 0.3) is 11.7 Å². The van der Waals surface area contributed by atoms with Gasteiger partial charge in [-0.25, -0.2) is 9.78 Å². The molecule has 34 heavy (non-hydrogen) atoms. The van der Waals surface area contributed by atoms with Crippen LogP contribution in [-0.2, 0) is 6.18 Å². The molecule has 0 saturated heterocycles. The number of alkyl halides is 3. The van der Waals surface area contributed by atoms with E-state index < -0.39 is 23.0 Å². The summed E-state index contributed by atoms with van der Waals surface area (Å²) in [6, 6.07) is 6.50. The first kappa shape index (κ1) is 21.3. The van der Waals surface area contributed by atoms with Crippen LogP contribution in [0, 0.1) is 11.3 Å². The van der Waals surface area contributed by atoms with Gasteiger partial charge in [0.15, 0.2) is 11.1 Å². The Morgan fingerprint density at radius 1 is 1.29 bits per heavy atom. The summed E-state index contributed by atoms with van der Waals surface area (Å²) < 4.78 is 41.5. The number of halogens is 3. The average Bonchev–Trinajstić information content (AvgIpc) is 3.41. The molecule has 0 unspecified atom stereocenters. The Morgan fingerprint density at radius 3 is 2.74 bits per heavy atom. The number of rotatable bonds is 4. The van der Waals surface area contributed by atoms with Crippen molar-refractivity contribution in [1.29, 1.82) is 5.26 Å². The maximum atomic E-state index is 13.4. The number of hydrogen-bond acceptors (Lipinski definition) is 7. The quantitative estimate of drug-likeness (QED) is 0.358. The molecule has 3 heterocycles. The molecule has 172 valence electrons. The highest BCUT2D eigenvalue weighted by atomic mass is 19.4. The summed E-state index contributed by atoms with van der Waals surface area (Å²) in [4.78, 5) is 25.1. The van der Waals surface area contributed by atoms with Crippen LogP contribution < -0.4 is 21.7 Å². The number of aromatic amines is 2. The van der Waals surface area contributed by atoms with Gasteiger partial charge in [0.05, 0.1) is 29.4 Å². The van der Waals surface area contributed by atoms with E-state index in [0.29, 0.717) is 16.4 Å². The van der Waals surface area contributed by atoms with Crippen molar-refractivity contribution in [3.63, 3.8) is 0 Å². The summed E-state index contributed by atoms with van der Waals surface area (Å²) in [5.74, 6) is -0.162. The van der Waals surface area contributed by atoms with Gasteiger partial charge in [-0.05, 0) is 37.1 Å². The van der Waals surface area contributed by atoms with Crippen LogP contribution in [0.5, 0.6) is 5.88 Å². The second kappa shape index (κ2) is 7.77. The Bertz CT molecular complexity index is 1640. The first-order valence-corrected chi connectivity index (χ1v) is 10.1. The number of fused-ring (bicyclic) bond motifs is 1. The third-order valence-corrected chi connectivity index (χ3v) is 5.09. The SMILES string of the molecule is N#Cc1ccc(Nc2cc(=NC3CC3)n3nc/c(=C\c4[nH]c(=O)[nH]c4O)c3n2)cc1C(F)(F)F. The van der Waals surface area contributed by atoms with E-state index in [1.54, 1.807) is 12.1 Å². The fourth-order valence-electron chi connectivity index (χ4n) is 3.36. The zero-order valence-corrected chi connectivity index (χ0v) is 17.2. The van der Waals surface area contributed by atoms with E-state index in [4.69, 9.17) is 5.26 Å². The molecule has 0 bridgehead atoms. The fourth-order valence-corrected chi connectivity index (χ4v) is 3.36. The average molecular weight is 468 g/mol. The predicted octanol–water partition coefficient (Wildman–Crippen LogP) is 1.70. The third-order valence-electron chi connectivity index (χ3n) is 5.09. The monoisotopic (exact) mass is 468 g/mol. The van der Waals surface area contributed by atoms with Crippen LogP contribution in [0.4, 0.5) is 24.7 Å². The molecule has 0 radical (unpaired) electrons. The molecule has 0 amide bonds. The topological polar surface area (TPSA) is 147 Å².